The van der Waals surface area contributed by atoms with Gasteiger partial charge in [-0.05, 0) is 44.0 Å². The molecule has 0 aliphatic carbocycles. The van der Waals surface area contributed by atoms with Crippen molar-refractivity contribution in [1.82, 2.24) is 24.1 Å². The van der Waals surface area contributed by atoms with Crippen LogP contribution in [0.15, 0.2) is 42.7 Å². The fraction of sp³-hybridized carbons (Fsp3) is 0.200. The fourth-order valence-electron chi connectivity index (χ4n) is 3.73. The summed E-state index contributed by atoms with van der Waals surface area (Å²) in [5.74, 6) is -1.03. The third-order valence-corrected chi connectivity index (χ3v) is 4.93. The molecule has 5 heterocycles. The van der Waals surface area contributed by atoms with Crippen LogP contribution in [-0.4, -0.2) is 35.2 Å². The van der Waals surface area contributed by atoms with Gasteiger partial charge in [0.2, 0.25) is 0 Å². The summed E-state index contributed by atoms with van der Waals surface area (Å²) in [5.41, 5.74) is 6.56. The number of aromatic nitrogens is 5. The van der Waals surface area contributed by atoms with E-state index in [9.17, 15) is 9.90 Å². The van der Waals surface area contributed by atoms with Gasteiger partial charge in [0.05, 0.1) is 5.69 Å². The minimum absolute atomic E-state index is 0.0351. The number of nitrogens with zero attached hydrogens (tertiary/aromatic N) is 5. The molecule has 1 aliphatic heterocycles. The van der Waals surface area contributed by atoms with Gasteiger partial charge in [-0.15, -0.1) is 0 Å². The van der Waals surface area contributed by atoms with Crippen molar-refractivity contribution in [2.45, 2.75) is 26.3 Å². The van der Waals surface area contributed by atoms with E-state index in [1.807, 2.05) is 43.5 Å². The van der Waals surface area contributed by atoms with Gasteiger partial charge in [-0.2, -0.15) is 5.10 Å². The highest BCUT2D eigenvalue weighted by Gasteiger charge is 2.25. The summed E-state index contributed by atoms with van der Waals surface area (Å²) in [6.07, 6.45) is 5.50. The molecule has 0 unspecified atom stereocenters. The minimum atomic E-state index is -1.03. The number of carboxylic acids is 1. The highest BCUT2D eigenvalue weighted by molar-refractivity contribution is 5.86. The second kappa shape index (κ2) is 5.77. The van der Waals surface area contributed by atoms with Gasteiger partial charge in [0, 0.05) is 41.5 Å². The number of imidazole rings is 1. The molecule has 1 aliphatic rings. The number of carbonyl (C=O) groups is 1. The molecule has 0 aromatic carbocycles. The van der Waals surface area contributed by atoms with E-state index >= 15 is 0 Å². The van der Waals surface area contributed by atoms with Crippen molar-refractivity contribution in [1.29, 1.82) is 0 Å². The van der Waals surface area contributed by atoms with Crippen LogP contribution in [0.2, 0.25) is 0 Å². The first-order valence-corrected chi connectivity index (χ1v) is 8.86. The molecule has 0 spiro atoms. The van der Waals surface area contributed by atoms with Gasteiger partial charge in [-0.3, -0.25) is 9.67 Å². The zero-order valence-corrected chi connectivity index (χ0v) is 14.8. The first kappa shape index (κ1) is 15.7. The molecule has 1 N–H and O–H groups in total. The molecule has 4 aromatic heterocycles. The van der Waals surface area contributed by atoms with E-state index in [1.54, 1.807) is 4.40 Å². The number of aryl methyl sites for hydroxylation is 2. The summed E-state index contributed by atoms with van der Waals surface area (Å²) in [7, 11) is 0. The van der Waals surface area contributed by atoms with Crippen LogP contribution in [0.4, 0.5) is 0 Å². The van der Waals surface area contributed by atoms with Crippen molar-refractivity contribution in [2.75, 3.05) is 0 Å². The van der Waals surface area contributed by atoms with Crippen molar-refractivity contribution in [3.8, 4) is 22.5 Å². The normalized spacial score (nSPS) is 13.2. The Balaban J connectivity index is 1.72. The number of carboxylic acid groups (broad SMARTS) is 1. The van der Waals surface area contributed by atoms with Crippen molar-refractivity contribution >= 4 is 11.6 Å². The largest absolute Gasteiger partial charge is 0.476 e. The van der Waals surface area contributed by atoms with Crippen LogP contribution in [-0.2, 0) is 13.0 Å². The molecule has 0 amide bonds. The molecule has 0 radical (unpaired) electrons. The Labute approximate surface area is 154 Å². The van der Waals surface area contributed by atoms with Gasteiger partial charge >= 0.3 is 5.97 Å². The highest BCUT2D eigenvalue weighted by atomic mass is 16.4. The van der Waals surface area contributed by atoms with E-state index in [4.69, 9.17) is 5.10 Å². The van der Waals surface area contributed by atoms with Crippen LogP contribution in [0, 0.1) is 6.92 Å². The van der Waals surface area contributed by atoms with Gasteiger partial charge in [0.25, 0.3) is 0 Å². The molecule has 4 aromatic rings. The van der Waals surface area contributed by atoms with Gasteiger partial charge < -0.3 is 9.51 Å². The molecule has 0 fully saturated rings. The zero-order chi connectivity index (χ0) is 18.5. The smallest absolute Gasteiger partial charge is 0.356 e. The van der Waals surface area contributed by atoms with Gasteiger partial charge in [-0.25, -0.2) is 9.78 Å². The number of hydrogen-bond donors (Lipinski definition) is 1. The Bertz CT molecular complexity index is 1200. The third kappa shape index (κ3) is 2.51. The standard InChI is InChI=1S/C20H17N5O2/c1-12-4-2-5-14(21-12)19-18(16-6-3-9-25(16)23-19)13-7-8-17-22-15(20(26)27)11-24(17)10-13/h2,4-5,7-8,10-11H,3,6,9H2,1H3,(H,26,27). The van der Waals surface area contributed by atoms with Crippen LogP contribution >= 0.6 is 0 Å². The lowest BCUT2D eigenvalue weighted by Crippen LogP contribution is -1.95. The average Bonchev–Trinajstić information content (AvgIpc) is 3.34. The monoisotopic (exact) mass is 359 g/mol. The Morgan fingerprint density at radius 2 is 2.04 bits per heavy atom. The maximum atomic E-state index is 11.2. The maximum absolute atomic E-state index is 11.2. The van der Waals surface area contributed by atoms with Gasteiger partial charge in [0.1, 0.15) is 11.3 Å². The molecule has 0 saturated carbocycles. The second-order valence-electron chi connectivity index (χ2n) is 6.78. The van der Waals surface area contributed by atoms with E-state index in [0.717, 1.165) is 47.6 Å². The van der Waals surface area contributed by atoms with E-state index in [1.165, 1.54) is 11.9 Å². The Hall–Kier alpha value is -3.48. The summed E-state index contributed by atoms with van der Waals surface area (Å²) in [6, 6.07) is 9.76. The number of aromatic carboxylic acids is 1. The van der Waals surface area contributed by atoms with Crippen LogP contribution in [0.25, 0.3) is 28.2 Å². The quantitative estimate of drug-likeness (QED) is 0.607. The van der Waals surface area contributed by atoms with Crippen molar-refractivity contribution in [3.05, 3.63) is 59.8 Å². The first-order chi connectivity index (χ1) is 13.1. The van der Waals surface area contributed by atoms with Crippen LogP contribution in [0.3, 0.4) is 0 Å². The lowest BCUT2D eigenvalue weighted by atomic mass is 10.0. The molecule has 7 heteroatoms. The fourth-order valence-corrected chi connectivity index (χ4v) is 3.73. The van der Waals surface area contributed by atoms with E-state index < -0.39 is 5.97 Å². The molecule has 27 heavy (non-hydrogen) atoms. The molecule has 0 atom stereocenters. The number of pyridine rings is 2. The van der Waals surface area contributed by atoms with Gasteiger partial charge in [-0.1, -0.05) is 6.07 Å². The average molecular weight is 359 g/mol. The van der Waals surface area contributed by atoms with Crippen molar-refractivity contribution < 1.29 is 9.90 Å². The van der Waals surface area contributed by atoms with Crippen LogP contribution in [0.5, 0.6) is 0 Å². The zero-order valence-electron chi connectivity index (χ0n) is 14.8. The SMILES string of the molecule is Cc1cccc(-c2nn3c(c2-c2ccc4nc(C(=O)O)cn4c2)CCC3)n1. The molecular formula is C20H17N5O2. The van der Waals surface area contributed by atoms with E-state index in [0.29, 0.717) is 5.65 Å². The summed E-state index contributed by atoms with van der Waals surface area (Å²) in [4.78, 5) is 20.0. The number of hydrogen-bond acceptors (Lipinski definition) is 4. The van der Waals surface area contributed by atoms with E-state index in [-0.39, 0.29) is 5.69 Å². The lowest BCUT2D eigenvalue weighted by molar-refractivity contribution is 0.0691. The second-order valence-corrected chi connectivity index (χ2v) is 6.78. The predicted molar refractivity (Wildman–Crippen MR) is 99.7 cm³/mol. The Morgan fingerprint density at radius 3 is 2.85 bits per heavy atom. The van der Waals surface area contributed by atoms with E-state index in [2.05, 4.69) is 14.6 Å². The summed E-state index contributed by atoms with van der Waals surface area (Å²) >= 11 is 0. The molecule has 5 rings (SSSR count). The van der Waals surface area contributed by atoms with Gasteiger partial charge in [0.15, 0.2) is 5.69 Å². The van der Waals surface area contributed by atoms with Crippen molar-refractivity contribution in [2.24, 2.45) is 0 Å². The molecule has 134 valence electrons. The van der Waals surface area contributed by atoms with Crippen LogP contribution < -0.4 is 0 Å². The minimum Gasteiger partial charge on any atom is -0.476 e. The van der Waals surface area contributed by atoms with Crippen LogP contribution in [0.1, 0.15) is 28.3 Å². The summed E-state index contributed by atoms with van der Waals surface area (Å²) in [5, 5.41) is 14.0. The summed E-state index contributed by atoms with van der Waals surface area (Å²) < 4.78 is 3.82. The Morgan fingerprint density at radius 1 is 1.15 bits per heavy atom. The lowest BCUT2D eigenvalue weighted by Gasteiger charge is -2.06. The highest BCUT2D eigenvalue weighted by Crippen LogP contribution is 2.37. The maximum Gasteiger partial charge on any atom is 0.356 e. The predicted octanol–water partition coefficient (Wildman–Crippen LogP) is 3.21. The Kier molecular flexibility index (Phi) is 3.36. The number of rotatable bonds is 3. The molecule has 0 saturated heterocycles. The topological polar surface area (TPSA) is 85.3 Å². The molecule has 0 bridgehead atoms. The number of fused-ring (bicyclic) bond motifs is 2. The molecular weight excluding hydrogens is 342 g/mol. The van der Waals surface area contributed by atoms with Crippen molar-refractivity contribution in [3.63, 3.8) is 0 Å². The molecule has 7 nitrogen and oxygen atoms in total. The first-order valence-electron chi connectivity index (χ1n) is 8.86. The third-order valence-electron chi connectivity index (χ3n) is 4.93. The summed E-state index contributed by atoms with van der Waals surface area (Å²) in [6.45, 7) is 2.88.